The number of ether oxygens (including phenoxy) is 1. The first-order valence-corrected chi connectivity index (χ1v) is 5.22. The van der Waals surface area contributed by atoms with Crippen molar-refractivity contribution in [3.05, 3.63) is 59.7 Å². The first kappa shape index (κ1) is 15.4. The normalized spacial score (nSPS) is 9.39. The molecule has 0 saturated heterocycles. The van der Waals surface area contributed by atoms with E-state index in [0.717, 1.165) is 11.3 Å². The van der Waals surface area contributed by atoms with E-state index in [1.807, 2.05) is 31.2 Å². The van der Waals surface area contributed by atoms with Crippen LogP contribution in [0.1, 0.15) is 15.9 Å². The Labute approximate surface area is 148 Å². The maximum atomic E-state index is 10.6. The third kappa shape index (κ3) is 3.93. The molecule has 0 atom stereocenters. The summed E-state index contributed by atoms with van der Waals surface area (Å²) in [5, 5.41) is 10.6. The van der Waals surface area contributed by atoms with E-state index in [1.54, 1.807) is 12.1 Å². The Bertz CT molecular complexity index is 535. The van der Waals surface area contributed by atoms with Crippen molar-refractivity contribution >= 4 is 5.97 Å². The van der Waals surface area contributed by atoms with Gasteiger partial charge in [-0.15, -0.1) is 0 Å². The summed E-state index contributed by atoms with van der Waals surface area (Å²) >= 11 is 0. The minimum atomic E-state index is -1.19. The zero-order valence-corrected chi connectivity index (χ0v) is 13.5. The van der Waals surface area contributed by atoms with Crippen molar-refractivity contribution in [1.29, 1.82) is 0 Å². The van der Waals surface area contributed by atoms with E-state index in [4.69, 9.17) is 4.74 Å². The summed E-state index contributed by atoms with van der Waals surface area (Å²) in [5.74, 6) is 0.172. The summed E-state index contributed by atoms with van der Waals surface area (Å²) in [6.45, 7) is 1.95. The van der Waals surface area contributed by atoms with Crippen LogP contribution < -0.4 is 61.2 Å². The van der Waals surface area contributed by atoms with Gasteiger partial charge in [-0.1, -0.05) is 18.2 Å². The van der Waals surface area contributed by atoms with E-state index >= 15 is 0 Å². The van der Waals surface area contributed by atoms with Gasteiger partial charge in [0.2, 0.25) is 0 Å². The molecule has 0 heterocycles. The number of para-hydroxylation sites is 1. The van der Waals surface area contributed by atoms with Crippen molar-refractivity contribution in [3.8, 4) is 11.5 Å². The van der Waals surface area contributed by atoms with Gasteiger partial charge < -0.3 is 14.6 Å². The number of hydrogen-bond donors (Lipinski definition) is 0. The second-order valence-corrected chi connectivity index (χ2v) is 3.68. The van der Waals surface area contributed by atoms with Crippen LogP contribution in [-0.4, -0.2) is 5.97 Å². The van der Waals surface area contributed by atoms with Crippen molar-refractivity contribution in [2.24, 2.45) is 0 Å². The van der Waals surface area contributed by atoms with Gasteiger partial charge in [-0.05, 0) is 48.4 Å². The largest absolute Gasteiger partial charge is 1.00 e. The van der Waals surface area contributed by atoms with Gasteiger partial charge in [-0.3, -0.25) is 0 Å². The van der Waals surface area contributed by atoms with Crippen LogP contribution in [-0.2, 0) is 0 Å². The van der Waals surface area contributed by atoms with E-state index in [9.17, 15) is 9.90 Å². The second kappa shape index (κ2) is 7.06. The predicted octanol–water partition coefficient (Wildman–Crippen LogP) is -0.845. The first-order chi connectivity index (χ1) is 8.16. The fraction of sp³-hybridized carbons (Fsp3) is 0.0714. The van der Waals surface area contributed by atoms with Crippen molar-refractivity contribution in [2.45, 2.75) is 6.92 Å². The molecule has 2 aromatic rings. The maximum Gasteiger partial charge on any atom is 1.00 e. The van der Waals surface area contributed by atoms with Crippen LogP contribution in [0.5, 0.6) is 11.5 Å². The zero-order valence-electron chi connectivity index (χ0n) is 10.3. The molecule has 2 rings (SSSR count). The summed E-state index contributed by atoms with van der Waals surface area (Å²) < 4.78 is 5.63. The Morgan fingerprint density at radius 1 is 1.06 bits per heavy atom. The molecule has 0 radical (unpaired) electrons. The third-order valence-corrected chi connectivity index (χ3v) is 2.41. The van der Waals surface area contributed by atoms with E-state index in [0.29, 0.717) is 5.75 Å². The SMILES string of the molecule is Cc1ccccc1Oc1ccc(C(=O)[O-])cc1.[K+]. The average Bonchev–Trinajstić information content (AvgIpc) is 2.33. The fourth-order valence-corrected chi connectivity index (χ4v) is 1.46. The number of carboxylic acid groups (broad SMARTS) is 1. The Kier molecular flexibility index (Phi) is 6.04. The van der Waals surface area contributed by atoms with Crippen LogP contribution in [0.3, 0.4) is 0 Å². The number of rotatable bonds is 3. The van der Waals surface area contributed by atoms with Gasteiger partial charge in [0, 0.05) is 0 Å². The number of carboxylic acids is 1. The van der Waals surface area contributed by atoms with Crippen LogP contribution in [0, 0.1) is 6.92 Å². The molecular formula is C14H11KO3. The quantitative estimate of drug-likeness (QED) is 0.680. The number of benzene rings is 2. The number of aryl methyl sites for hydroxylation is 1. The Morgan fingerprint density at radius 2 is 1.67 bits per heavy atom. The summed E-state index contributed by atoms with van der Waals surface area (Å²) in [5.41, 5.74) is 1.17. The molecule has 0 amide bonds. The van der Waals surface area contributed by atoms with Gasteiger partial charge in [0.15, 0.2) is 0 Å². The van der Waals surface area contributed by atoms with Gasteiger partial charge >= 0.3 is 51.4 Å². The maximum absolute atomic E-state index is 10.6. The van der Waals surface area contributed by atoms with Gasteiger partial charge in [0.25, 0.3) is 0 Å². The molecule has 0 aliphatic carbocycles. The van der Waals surface area contributed by atoms with E-state index < -0.39 is 5.97 Å². The molecule has 86 valence electrons. The topological polar surface area (TPSA) is 49.4 Å². The van der Waals surface area contributed by atoms with Crippen molar-refractivity contribution in [1.82, 2.24) is 0 Å². The van der Waals surface area contributed by atoms with E-state index in [-0.39, 0.29) is 56.9 Å². The van der Waals surface area contributed by atoms with Crippen molar-refractivity contribution in [3.63, 3.8) is 0 Å². The monoisotopic (exact) mass is 266 g/mol. The zero-order chi connectivity index (χ0) is 12.3. The van der Waals surface area contributed by atoms with Gasteiger partial charge in [-0.25, -0.2) is 0 Å². The van der Waals surface area contributed by atoms with Crippen LogP contribution in [0.25, 0.3) is 0 Å². The number of carbonyl (C=O) groups is 1. The molecule has 18 heavy (non-hydrogen) atoms. The minimum Gasteiger partial charge on any atom is -0.545 e. The molecule has 0 bridgehead atoms. The van der Waals surface area contributed by atoms with Gasteiger partial charge in [0.1, 0.15) is 11.5 Å². The first-order valence-electron chi connectivity index (χ1n) is 5.22. The molecule has 0 aliphatic rings. The molecular weight excluding hydrogens is 255 g/mol. The molecule has 0 saturated carbocycles. The molecule has 2 aromatic carbocycles. The molecule has 0 spiro atoms. The van der Waals surface area contributed by atoms with E-state index in [1.165, 1.54) is 12.1 Å². The van der Waals surface area contributed by atoms with Crippen LogP contribution in [0.15, 0.2) is 48.5 Å². The standard InChI is InChI=1S/C14H12O3.K/c1-10-4-2-3-5-13(10)17-12-8-6-11(7-9-12)14(15)16;/h2-9H,1H3,(H,15,16);/q;+1/p-1. The molecule has 0 unspecified atom stereocenters. The summed E-state index contributed by atoms with van der Waals surface area (Å²) in [6.07, 6.45) is 0. The molecule has 3 nitrogen and oxygen atoms in total. The Balaban J connectivity index is 0.00000162. The number of hydrogen-bond acceptors (Lipinski definition) is 3. The molecule has 0 aliphatic heterocycles. The third-order valence-electron chi connectivity index (χ3n) is 2.41. The van der Waals surface area contributed by atoms with Crippen molar-refractivity contribution < 1.29 is 66.0 Å². The second-order valence-electron chi connectivity index (χ2n) is 3.68. The van der Waals surface area contributed by atoms with Crippen LogP contribution >= 0.6 is 0 Å². The molecule has 0 fully saturated rings. The van der Waals surface area contributed by atoms with Crippen LogP contribution in [0.4, 0.5) is 0 Å². The number of aromatic carboxylic acids is 1. The summed E-state index contributed by atoms with van der Waals surface area (Å²) in [6, 6.07) is 13.8. The van der Waals surface area contributed by atoms with Crippen LogP contribution in [0.2, 0.25) is 0 Å². The molecule has 0 aromatic heterocycles. The average molecular weight is 266 g/mol. The summed E-state index contributed by atoms with van der Waals surface area (Å²) in [7, 11) is 0. The fourth-order valence-electron chi connectivity index (χ4n) is 1.46. The predicted molar refractivity (Wildman–Crippen MR) is 62.0 cm³/mol. The van der Waals surface area contributed by atoms with Gasteiger partial charge in [0.05, 0.1) is 5.97 Å². The smallest absolute Gasteiger partial charge is 0.545 e. The number of carbonyl (C=O) groups excluding carboxylic acids is 1. The molecule has 4 heteroatoms. The van der Waals surface area contributed by atoms with E-state index in [2.05, 4.69) is 0 Å². The molecule has 0 N–H and O–H groups in total. The minimum absolute atomic E-state index is 0. The Morgan fingerprint density at radius 3 is 2.22 bits per heavy atom. The summed E-state index contributed by atoms with van der Waals surface area (Å²) in [4.78, 5) is 10.6. The van der Waals surface area contributed by atoms with Crippen molar-refractivity contribution in [2.75, 3.05) is 0 Å². The van der Waals surface area contributed by atoms with Gasteiger partial charge in [-0.2, -0.15) is 0 Å². The Hall–Kier alpha value is -0.654.